The molecule has 0 aliphatic heterocycles. The van der Waals surface area contributed by atoms with Gasteiger partial charge in [0, 0.05) is 16.7 Å². The van der Waals surface area contributed by atoms with Crippen molar-refractivity contribution in [3.8, 4) is 11.5 Å². The maximum atomic E-state index is 11.4. The molecular weight excluding hydrogens is 284 g/mol. The van der Waals surface area contributed by atoms with Gasteiger partial charge in [0.2, 0.25) is 0 Å². The van der Waals surface area contributed by atoms with Crippen LogP contribution >= 0.6 is 11.6 Å². The summed E-state index contributed by atoms with van der Waals surface area (Å²) in [6, 6.07) is 2.95. The van der Waals surface area contributed by atoms with Crippen LogP contribution < -0.4 is 10.2 Å². The van der Waals surface area contributed by atoms with Crippen molar-refractivity contribution >= 4 is 23.9 Å². The number of carbonyl (C=O) groups is 1. The standard InChI is InChI=1S/C13H17ClN2O4/c1-13(2,3)20-12(18)16-15-7-8-5-9(14)6-10(19-4)11(8)17/h5-7,17H,1-4H3,(H,16,18)/b15-7-. The van der Waals surface area contributed by atoms with E-state index in [-0.39, 0.29) is 11.5 Å². The van der Waals surface area contributed by atoms with E-state index in [1.807, 2.05) is 0 Å². The van der Waals surface area contributed by atoms with E-state index in [0.717, 1.165) is 0 Å². The maximum absolute atomic E-state index is 11.4. The number of benzene rings is 1. The lowest BCUT2D eigenvalue weighted by molar-refractivity contribution is 0.0529. The molecule has 2 N–H and O–H groups in total. The van der Waals surface area contributed by atoms with Crippen LogP contribution in [0.4, 0.5) is 4.79 Å². The van der Waals surface area contributed by atoms with Crippen molar-refractivity contribution in [1.82, 2.24) is 5.43 Å². The van der Waals surface area contributed by atoms with Gasteiger partial charge in [-0.15, -0.1) is 0 Å². The second-order valence-corrected chi connectivity index (χ2v) is 5.35. The molecule has 0 atom stereocenters. The predicted octanol–water partition coefficient (Wildman–Crippen LogP) is 2.91. The zero-order valence-electron chi connectivity index (χ0n) is 11.7. The molecule has 1 rings (SSSR count). The Bertz CT molecular complexity index is 524. The van der Waals surface area contributed by atoms with Gasteiger partial charge < -0.3 is 14.6 Å². The molecule has 0 fully saturated rings. The molecule has 0 aliphatic rings. The van der Waals surface area contributed by atoms with E-state index < -0.39 is 11.7 Å². The van der Waals surface area contributed by atoms with Crippen molar-refractivity contribution in [2.75, 3.05) is 7.11 Å². The Labute approximate surface area is 122 Å². The minimum Gasteiger partial charge on any atom is -0.504 e. The number of hydrogen-bond donors (Lipinski definition) is 2. The molecule has 1 aromatic rings. The first kappa shape index (κ1) is 16.1. The van der Waals surface area contributed by atoms with E-state index in [9.17, 15) is 9.90 Å². The molecule has 0 saturated carbocycles. The number of hydrogen-bond acceptors (Lipinski definition) is 5. The fourth-order valence-electron chi connectivity index (χ4n) is 1.30. The minimum atomic E-state index is -0.692. The highest BCUT2D eigenvalue weighted by Gasteiger charge is 2.15. The minimum absolute atomic E-state index is 0.119. The average molecular weight is 301 g/mol. The molecule has 0 radical (unpaired) electrons. The molecule has 0 heterocycles. The molecule has 1 aromatic carbocycles. The van der Waals surface area contributed by atoms with Crippen molar-refractivity contribution in [2.45, 2.75) is 26.4 Å². The van der Waals surface area contributed by atoms with E-state index >= 15 is 0 Å². The number of hydrazone groups is 1. The maximum Gasteiger partial charge on any atom is 0.428 e. The number of phenols is 1. The van der Waals surface area contributed by atoms with Crippen molar-refractivity contribution in [2.24, 2.45) is 5.10 Å². The number of amides is 1. The lowest BCUT2D eigenvalue weighted by Crippen LogP contribution is -2.29. The van der Waals surface area contributed by atoms with Crippen LogP contribution in [0.2, 0.25) is 5.02 Å². The van der Waals surface area contributed by atoms with Crippen LogP contribution in [0.3, 0.4) is 0 Å². The second-order valence-electron chi connectivity index (χ2n) is 4.92. The molecule has 0 spiro atoms. The molecule has 6 nitrogen and oxygen atoms in total. The third kappa shape index (κ3) is 4.97. The van der Waals surface area contributed by atoms with Crippen molar-refractivity contribution in [1.29, 1.82) is 0 Å². The van der Waals surface area contributed by atoms with E-state index in [2.05, 4.69) is 10.5 Å². The third-order valence-corrected chi connectivity index (χ3v) is 2.27. The Hall–Kier alpha value is -1.95. The highest BCUT2D eigenvalue weighted by molar-refractivity contribution is 6.31. The number of carbonyl (C=O) groups excluding carboxylic acids is 1. The zero-order valence-corrected chi connectivity index (χ0v) is 12.5. The van der Waals surface area contributed by atoms with Crippen LogP contribution in [0.1, 0.15) is 26.3 Å². The van der Waals surface area contributed by atoms with Crippen molar-refractivity contribution in [3.05, 3.63) is 22.7 Å². The summed E-state index contributed by atoms with van der Waals surface area (Å²) in [7, 11) is 1.41. The van der Waals surface area contributed by atoms with Crippen LogP contribution in [0.5, 0.6) is 11.5 Å². The van der Waals surface area contributed by atoms with Crippen LogP contribution in [-0.2, 0) is 4.74 Å². The van der Waals surface area contributed by atoms with Gasteiger partial charge in [0.15, 0.2) is 11.5 Å². The average Bonchev–Trinajstić information content (AvgIpc) is 2.30. The lowest BCUT2D eigenvalue weighted by Gasteiger charge is -2.18. The van der Waals surface area contributed by atoms with Gasteiger partial charge in [-0.25, -0.2) is 10.2 Å². The Morgan fingerprint density at radius 2 is 2.10 bits per heavy atom. The van der Waals surface area contributed by atoms with Crippen LogP contribution in [0.25, 0.3) is 0 Å². The van der Waals surface area contributed by atoms with Gasteiger partial charge in [-0.1, -0.05) is 11.6 Å². The number of nitrogens with one attached hydrogen (secondary N) is 1. The van der Waals surface area contributed by atoms with Crippen LogP contribution in [0.15, 0.2) is 17.2 Å². The topological polar surface area (TPSA) is 80.2 Å². The van der Waals surface area contributed by atoms with Gasteiger partial charge in [-0.2, -0.15) is 5.10 Å². The van der Waals surface area contributed by atoms with E-state index in [1.165, 1.54) is 25.5 Å². The highest BCUT2D eigenvalue weighted by Crippen LogP contribution is 2.32. The number of aromatic hydroxyl groups is 1. The molecule has 110 valence electrons. The highest BCUT2D eigenvalue weighted by atomic mass is 35.5. The van der Waals surface area contributed by atoms with Crippen molar-refractivity contribution in [3.63, 3.8) is 0 Å². The Balaban J connectivity index is 2.76. The molecule has 0 bridgehead atoms. The summed E-state index contributed by atoms with van der Waals surface area (Å²) < 4.78 is 9.95. The first-order chi connectivity index (χ1) is 9.23. The molecule has 0 aliphatic carbocycles. The lowest BCUT2D eigenvalue weighted by atomic mass is 10.2. The van der Waals surface area contributed by atoms with Gasteiger partial charge in [0.25, 0.3) is 0 Å². The molecule has 0 aromatic heterocycles. The summed E-state index contributed by atoms with van der Waals surface area (Å²) in [6.45, 7) is 5.22. The first-order valence-electron chi connectivity index (χ1n) is 5.81. The summed E-state index contributed by atoms with van der Waals surface area (Å²) in [4.78, 5) is 11.4. The van der Waals surface area contributed by atoms with Gasteiger partial charge in [0.05, 0.1) is 13.3 Å². The van der Waals surface area contributed by atoms with Gasteiger partial charge in [0.1, 0.15) is 5.60 Å². The van der Waals surface area contributed by atoms with E-state index in [4.69, 9.17) is 21.1 Å². The molecule has 20 heavy (non-hydrogen) atoms. The Kier molecular flexibility index (Phi) is 5.21. The summed E-state index contributed by atoms with van der Waals surface area (Å²) in [5.74, 6) is 0.0999. The largest absolute Gasteiger partial charge is 0.504 e. The Morgan fingerprint density at radius 1 is 1.45 bits per heavy atom. The monoisotopic (exact) mass is 300 g/mol. The van der Waals surface area contributed by atoms with Gasteiger partial charge in [-0.05, 0) is 26.8 Å². The number of rotatable bonds is 3. The van der Waals surface area contributed by atoms with Gasteiger partial charge in [-0.3, -0.25) is 0 Å². The number of nitrogens with zero attached hydrogens (tertiary/aromatic N) is 1. The quantitative estimate of drug-likeness (QED) is 0.664. The smallest absolute Gasteiger partial charge is 0.428 e. The van der Waals surface area contributed by atoms with E-state index in [1.54, 1.807) is 20.8 Å². The number of methoxy groups -OCH3 is 1. The molecule has 0 saturated heterocycles. The predicted molar refractivity (Wildman–Crippen MR) is 76.6 cm³/mol. The molecule has 7 heteroatoms. The second kappa shape index (κ2) is 6.47. The summed E-state index contributed by atoms with van der Waals surface area (Å²) in [5.41, 5.74) is 1.89. The van der Waals surface area contributed by atoms with Crippen LogP contribution in [-0.4, -0.2) is 30.1 Å². The number of halogens is 1. The number of phenolic OH excluding ortho intramolecular Hbond substituents is 1. The third-order valence-electron chi connectivity index (χ3n) is 2.05. The van der Waals surface area contributed by atoms with Crippen molar-refractivity contribution < 1.29 is 19.4 Å². The zero-order chi connectivity index (χ0) is 15.3. The SMILES string of the molecule is COc1cc(Cl)cc(/C=N\NC(=O)OC(C)(C)C)c1O. The molecule has 0 unspecified atom stereocenters. The summed E-state index contributed by atoms with van der Waals surface area (Å²) in [5, 5.41) is 13.9. The molecule has 1 amide bonds. The number of ether oxygens (including phenoxy) is 2. The fraction of sp³-hybridized carbons (Fsp3) is 0.385. The van der Waals surface area contributed by atoms with E-state index in [0.29, 0.717) is 10.6 Å². The fourth-order valence-corrected chi connectivity index (χ4v) is 1.52. The first-order valence-corrected chi connectivity index (χ1v) is 6.19. The molecular formula is C13H17ClN2O4. The normalized spacial score (nSPS) is 11.4. The summed E-state index contributed by atoms with van der Waals surface area (Å²) in [6.07, 6.45) is 0.551. The summed E-state index contributed by atoms with van der Waals surface area (Å²) >= 11 is 5.86. The van der Waals surface area contributed by atoms with Gasteiger partial charge >= 0.3 is 6.09 Å². The van der Waals surface area contributed by atoms with Crippen LogP contribution in [0, 0.1) is 0 Å². The Morgan fingerprint density at radius 3 is 2.65 bits per heavy atom.